The lowest BCUT2D eigenvalue weighted by molar-refractivity contribution is 0.236. The summed E-state index contributed by atoms with van der Waals surface area (Å²) in [6.07, 6.45) is 3.92. The molecule has 2 rings (SSSR count). The van der Waals surface area contributed by atoms with Crippen LogP contribution in [-0.2, 0) is 13.1 Å². The van der Waals surface area contributed by atoms with E-state index in [1.54, 1.807) is 7.11 Å². The minimum Gasteiger partial charge on any atom is -0.496 e. The summed E-state index contributed by atoms with van der Waals surface area (Å²) >= 11 is 0. The molecule has 0 amide bonds. The van der Waals surface area contributed by atoms with Crippen molar-refractivity contribution < 1.29 is 4.74 Å². The molecule has 1 unspecified atom stereocenters. The molecule has 1 aromatic rings. The second kappa shape index (κ2) is 6.92. The van der Waals surface area contributed by atoms with Gasteiger partial charge in [0, 0.05) is 24.7 Å². The summed E-state index contributed by atoms with van der Waals surface area (Å²) in [5.74, 6) is 1.02. The van der Waals surface area contributed by atoms with E-state index in [1.807, 2.05) is 7.05 Å². The van der Waals surface area contributed by atoms with Crippen molar-refractivity contribution in [3.05, 3.63) is 29.3 Å². The van der Waals surface area contributed by atoms with Crippen LogP contribution in [0.2, 0.25) is 0 Å². The van der Waals surface area contributed by atoms with Crippen molar-refractivity contribution in [2.24, 2.45) is 0 Å². The first-order valence-corrected chi connectivity index (χ1v) is 7.33. The lowest BCUT2D eigenvalue weighted by atomic mass is 10.1. The Balaban J connectivity index is 2.14. The zero-order valence-corrected chi connectivity index (χ0v) is 12.4. The summed E-state index contributed by atoms with van der Waals surface area (Å²) in [5.41, 5.74) is 2.64. The zero-order valence-electron chi connectivity index (χ0n) is 12.4. The number of likely N-dealkylation sites (tertiary alicyclic amines) is 1. The normalized spacial score (nSPS) is 19.8. The molecular weight excluding hydrogens is 236 g/mol. The Bertz CT molecular complexity index is 406. The molecule has 1 fully saturated rings. The van der Waals surface area contributed by atoms with Crippen LogP contribution in [0.4, 0.5) is 0 Å². The predicted octanol–water partition coefficient (Wildman–Crippen LogP) is 2.79. The van der Waals surface area contributed by atoms with Crippen LogP contribution in [0, 0.1) is 0 Å². The van der Waals surface area contributed by atoms with Gasteiger partial charge < -0.3 is 10.1 Å². The fraction of sp³-hybridized carbons (Fsp3) is 0.625. The quantitative estimate of drug-likeness (QED) is 0.853. The molecule has 1 aliphatic heterocycles. The maximum Gasteiger partial charge on any atom is 0.123 e. The van der Waals surface area contributed by atoms with Crippen LogP contribution in [0.3, 0.4) is 0 Å². The summed E-state index contributed by atoms with van der Waals surface area (Å²) in [5, 5.41) is 3.21. The molecule has 1 atom stereocenters. The molecule has 1 saturated heterocycles. The number of ether oxygens (including phenoxy) is 1. The summed E-state index contributed by atoms with van der Waals surface area (Å²) in [6, 6.07) is 7.26. The molecule has 1 aromatic carbocycles. The van der Waals surface area contributed by atoms with E-state index in [-0.39, 0.29) is 0 Å². The van der Waals surface area contributed by atoms with Gasteiger partial charge in [0.25, 0.3) is 0 Å². The SMILES string of the molecule is CCC1CCCN1Cc1cc(CNC)ccc1OC. The zero-order chi connectivity index (χ0) is 13.7. The molecule has 0 aromatic heterocycles. The van der Waals surface area contributed by atoms with Gasteiger partial charge in [-0.15, -0.1) is 0 Å². The minimum atomic E-state index is 0.748. The van der Waals surface area contributed by atoms with Crippen LogP contribution in [0.15, 0.2) is 18.2 Å². The van der Waals surface area contributed by atoms with Crippen molar-refractivity contribution >= 4 is 0 Å². The van der Waals surface area contributed by atoms with Crippen molar-refractivity contribution in [3.8, 4) is 5.75 Å². The molecule has 0 bridgehead atoms. The van der Waals surface area contributed by atoms with E-state index < -0.39 is 0 Å². The first kappa shape index (κ1) is 14.4. The number of methoxy groups -OCH3 is 1. The topological polar surface area (TPSA) is 24.5 Å². The highest BCUT2D eigenvalue weighted by atomic mass is 16.5. The number of nitrogens with zero attached hydrogens (tertiary/aromatic N) is 1. The third kappa shape index (κ3) is 3.48. The van der Waals surface area contributed by atoms with Gasteiger partial charge in [-0.05, 0) is 50.6 Å². The average Bonchev–Trinajstić information content (AvgIpc) is 2.87. The van der Waals surface area contributed by atoms with Gasteiger partial charge in [-0.2, -0.15) is 0 Å². The van der Waals surface area contributed by atoms with Crippen LogP contribution in [0.25, 0.3) is 0 Å². The third-order valence-electron chi connectivity index (χ3n) is 4.07. The molecule has 1 aliphatic rings. The maximum atomic E-state index is 5.51. The van der Waals surface area contributed by atoms with E-state index in [0.717, 1.165) is 24.9 Å². The summed E-state index contributed by atoms with van der Waals surface area (Å²) < 4.78 is 5.51. The molecule has 0 spiro atoms. The molecule has 3 heteroatoms. The van der Waals surface area contributed by atoms with Crippen molar-refractivity contribution in [1.82, 2.24) is 10.2 Å². The fourth-order valence-corrected chi connectivity index (χ4v) is 3.05. The molecule has 1 N–H and O–H groups in total. The number of nitrogens with one attached hydrogen (secondary N) is 1. The summed E-state index contributed by atoms with van der Waals surface area (Å²) in [6.45, 7) is 5.43. The Morgan fingerprint density at radius 3 is 2.95 bits per heavy atom. The summed E-state index contributed by atoms with van der Waals surface area (Å²) in [7, 11) is 3.75. The van der Waals surface area contributed by atoms with E-state index in [4.69, 9.17) is 4.74 Å². The molecule has 3 nitrogen and oxygen atoms in total. The van der Waals surface area contributed by atoms with Gasteiger partial charge in [0.05, 0.1) is 7.11 Å². The molecule has 0 saturated carbocycles. The Labute approximate surface area is 116 Å². The van der Waals surface area contributed by atoms with Gasteiger partial charge in [0.2, 0.25) is 0 Å². The third-order valence-corrected chi connectivity index (χ3v) is 4.07. The van der Waals surface area contributed by atoms with E-state index in [2.05, 4.69) is 35.3 Å². The second-order valence-corrected chi connectivity index (χ2v) is 5.35. The van der Waals surface area contributed by atoms with Crippen LogP contribution >= 0.6 is 0 Å². The van der Waals surface area contributed by atoms with E-state index in [9.17, 15) is 0 Å². The van der Waals surface area contributed by atoms with Crippen LogP contribution in [-0.4, -0.2) is 31.6 Å². The van der Waals surface area contributed by atoms with Crippen LogP contribution in [0.1, 0.15) is 37.3 Å². The number of rotatable bonds is 6. The first-order chi connectivity index (χ1) is 9.28. The molecule has 19 heavy (non-hydrogen) atoms. The van der Waals surface area contributed by atoms with Gasteiger partial charge in [-0.25, -0.2) is 0 Å². The lowest BCUT2D eigenvalue weighted by Gasteiger charge is -2.24. The smallest absolute Gasteiger partial charge is 0.123 e. The molecule has 106 valence electrons. The number of hydrogen-bond donors (Lipinski definition) is 1. The first-order valence-electron chi connectivity index (χ1n) is 7.33. The second-order valence-electron chi connectivity index (χ2n) is 5.35. The number of benzene rings is 1. The Kier molecular flexibility index (Phi) is 5.23. The highest BCUT2D eigenvalue weighted by Gasteiger charge is 2.23. The van der Waals surface area contributed by atoms with Crippen molar-refractivity contribution in [1.29, 1.82) is 0 Å². The van der Waals surface area contributed by atoms with Crippen molar-refractivity contribution in [2.45, 2.75) is 45.3 Å². The lowest BCUT2D eigenvalue weighted by Crippen LogP contribution is -2.28. The molecule has 0 aliphatic carbocycles. The van der Waals surface area contributed by atoms with Gasteiger partial charge in [0.1, 0.15) is 5.75 Å². The van der Waals surface area contributed by atoms with Gasteiger partial charge in [-0.3, -0.25) is 4.90 Å². The van der Waals surface area contributed by atoms with Gasteiger partial charge in [0.15, 0.2) is 0 Å². The Hall–Kier alpha value is -1.06. The van der Waals surface area contributed by atoms with Gasteiger partial charge >= 0.3 is 0 Å². The largest absolute Gasteiger partial charge is 0.496 e. The summed E-state index contributed by atoms with van der Waals surface area (Å²) in [4.78, 5) is 2.60. The highest BCUT2D eigenvalue weighted by molar-refractivity contribution is 5.37. The van der Waals surface area contributed by atoms with Gasteiger partial charge in [-0.1, -0.05) is 13.0 Å². The maximum absolute atomic E-state index is 5.51. The van der Waals surface area contributed by atoms with E-state index in [0.29, 0.717) is 0 Å². The average molecular weight is 262 g/mol. The predicted molar refractivity (Wildman–Crippen MR) is 79.5 cm³/mol. The van der Waals surface area contributed by atoms with Crippen LogP contribution < -0.4 is 10.1 Å². The van der Waals surface area contributed by atoms with Crippen molar-refractivity contribution in [3.63, 3.8) is 0 Å². The fourth-order valence-electron chi connectivity index (χ4n) is 3.05. The molecule has 1 heterocycles. The van der Waals surface area contributed by atoms with E-state index >= 15 is 0 Å². The monoisotopic (exact) mass is 262 g/mol. The highest BCUT2D eigenvalue weighted by Crippen LogP contribution is 2.27. The standard InChI is InChI=1S/C16H26N2O/c1-4-15-6-5-9-18(15)12-14-10-13(11-17-2)7-8-16(14)19-3/h7-8,10,15,17H,4-6,9,11-12H2,1-3H3. The number of hydrogen-bond acceptors (Lipinski definition) is 3. The Morgan fingerprint density at radius 1 is 1.42 bits per heavy atom. The van der Waals surface area contributed by atoms with E-state index in [1.165, 1.54) is 36.9 Å². The molecular formula is C16H26N2O. The van der Waals surface area contributed by atoms with Crippen molar-refractivity contribution in [2.75, 3.05) is 20.7 Å². The minimum absolute atomic E-state index is 0.748. The molecule has 0 radical (unpaired) electrons. The van der Waals surface area contributed by atoms with Crippen LogP contribution in [0.5, 0.6) is 5.75 Å². The Morgan fingerprint density at radius 2 is 2.26 bits per heavy atom.